The van der Waals surface area contributed by atoms with Gasteiger partial charge in [0, 0.05) is 35.4 Å². The largest absolute Gasteiger partial charge is 0.490 e. The molecule has 1 unspecified atom stereocenters. The number of ether oxygens (including phenoxy) is 3. The Morgan fingerprint density at radius 1 is 1.00 bits per heavy atom. The summed E-state index contributed by atoms with van der Waals surface area (Å²) in [6.45, 7) is 6.27. The number of aromatic nitrogens is 1. The van der Waals surface area contributed by atoms with Crippen LogP contribution in [0.4, 0.5) is 5.69 Å². The van der Waals surface area contributed by atoms with E-state index in [-0.39, 0.29) is 18.8 Å². The molecule has 0 bridgehead atoms. The predicted molar refractivity (Wildman–Crippen MR) is 180 cm³/mol. The van der Waals surface area contributed by atoms with Crippen LogP contribution in [0, 0.1) is 0 Å². The number of hydrogen-bond acceptors (Lipinski definition) is 8. The molecule has 11 heteroatoms. The zero-order chi connectivity index (χ0) is 32.2. The summed E-state index contributed by atoms with van der Waals surface area (Å²) in [5.41, 5.74) is 3.92. The number of hydrogen-bond donors (Lipinski definition) is 0. The Hall–Kier alpha value is -4.05. The molecule has 5 rings (SSSR count). The van der Waals surface area contributed by atoms with E-state index < -0.39 is 12.0 Å². The van der Waals surface area contributed by atoms with Crippen LogP contribution < -0.4 is 29.3 Å². The summed E-state index contributed by atoms with van der Waals surface area (Å²) in [6.07, 6.45) is 1.79. The highest BCUT2D eigenvalue weighted by Gasteiger charge is 2.33. The first-order chi connectivity index (χ1) is 21.6. The molecule has 3 aromatic carbocycles. The van der Waals surface area contributed by atoms with Crippen molar-refractivity contribution in [3.8, 4) is 11.5 Å². The van der Waals surface area contributed by atoms with E-state index in [2.05, 4.69) is 4.99 Å². The summed E-state index contributed by atoms with van der Waals surface area (Å²) in [5.74, 6) is 0.576. The van der Waals surface area contributed by atoms with Crippen LogP contribution in [0.25, 0.3) is 6.08 Å². The highest BCUT2D eigenvalue weighted by molar-refractivity contribution is 7.07. The standard InChI is InChI=1S/C34H33Cl2N3O5S/c1-6-42-28-16-21(8-15-27(28)44-19-23-9-12-24(35)18-26(23)36)17-29-32(40)39-31(22-10-13-25(14-11-22)38(4)5)30(33(41)43-7-2)20(3)37-34(39)45-29/h8-18,31H,6-7,19H2,1-5H3. The molecule has 0 aliphatic carbocycles. The second-order valence-electron chi connectivity index (χ2n) is 10.5. The van der Waals surface area contributed by atoms with Gasteiger partial charge in [0.15, 0.2) is 16.3 Å². The van der Waals surface area contributed by atoms with Gasteiger partial charge in [0.25, 0.3) is 5.56 Å². The van der Waals surface area contributed by atoms with Crippen molar-refractivity contribution in [3.05, 3.63) is 118 Å². The van der Waals surface area contributed by atoms with Crippen molar-refractivity contribution in [2.24, 2.45) is 4.99 Å². The van der Waals surface area contributed by atoms with Gasteiger partial charge in [-0.15, -0.1) is 0 Å². The molecule has 0 saturated carbocycles. The quantitative estimate of drug-likeness (QED) is 0.189. The zero-order valence-corrected chi connectivity index (χ0v) is 27.9. The lowest BCUT2D eigenvalue weighted by molar-refractivity contribution is -0.139. The second kappa shape index (κ2) is 13.9. The van der Waals surface area contributed by atoms with E-state index in [9.17, 15) is 9.59 Å². The van der Waals surface area contributed by atoms with Crippen LogP contribution in [0.5, 0.6) is 11.5 Å². The Morgan fingerprint density at radius 3 is 2.42 bits per heavy atom. The third kappa shape index (κ3) is 6.96. The van der Waals surface area contributed by atoms with E-state index in [0.29, 0.717) is 48.8 Å². The SMILES string of the molecule is CCOC(=O)C1=C(C)N=c2sc(=Cc3ccc(OCc4ccc(Cl)cc4Cl)c(OCC)c3)c(=O)n2C1c1ccc(N(C)C)cc1. The number of halogens is 2. The normalized spacial score (nSPS) is 14.6. The molecule has 0 N–H and O–H groups in total. The van der Waals surface area contributed by atoms with Gasteiger partial charge in [0.05, 0.1) is 35.1 Å². The molecule has 8 nitrogen and oxygen atoms in total. The number of thiazole rings is 1. The van der Waals surface area contributed by atoms with E-state index in [0.717, 1.165) is 22.4 Å². The van der Waals surface area contributed by atoms with Crippen LogP contribution in [-0.4, -0.2) is 37.8 Å². The lowest BCUT2D eigenvalue weighted by atomic mass is 9.95. The summed E-state index contributed by atoms with van der Waals surface area (Å²) in [5, 5.41) is 1.06. The van der Waals surface area contributed by atoms with Gasteiger partial charge in [-0.25, -0.2) is 9.79 Å². The Balaban J connectivity index is 1.55. The fourth-order valence-electron chi connectivity index (χ4n) is 5.01. The summed E-state index contributed by atoms with van der Waals surface area (Å²) in [4.78, 5) is 34.4. The first-order valence-electron chi connectivity index (χ1n) is 14.4. The van der Waals surface area contributed by atoms with Crippen LogP contribution >= 0.6 is 34.5 Å². The van der Waals surface area contributed by atoms with Gasteiger partial charge >= 0.3 is 5.97 Å². The van der Waals surface area contributed by atoms with E-state index in [1.165, 1.54) is 11.3 Å². The van der Waals surface area contributed by atoms with Crippen molar-refractivity contribution in [2.75, 3.05) is 32.2 Å². The van der Waals surface area contributed by atoms with Crippen molar-refractivity contribution < 1.29 is 19.0 Å². The van der Waals surface area contributed by atoms with E-state index in [1.54, 1.807) is 42.7 Å². The Morgan fingerprint density at radius 2 is 1.76 bits per heavy atom. The molecular weight excluding hydrogens is 633 g/mol. The van der Waals surface area contributed by atoms with Gasteiger partial charge in [0.1, 0.15) is 6.61 Å². The molecule has 4 aromatic rings. The van der Waals surface area contributed by atoms with Gasteiger partial charge in [0.2, 0.25) is 0 Å². The maximum Gasteiger partial charge on any atom is 0.338 e. The van der Waals surface area contributed by atoms with Gasteiger partial charge in [-0.2, -0.15) is 0 Å². The second-order valence-corrected chi connectivity index (χ2v) is 12.3. The molecule has 1 aliphatic rings. The molecule has 45 heavy (non-hydrogen) atoms. The van der Waals surface area contributed by atoms with Gasteiger partial charge < -0.3 is 19.1 Å². The fraction of sp³-hybridized carbons (Fsp3) is 0.265. The molecule has 1 aromatic heterocycles. The maximum absolute atomic E-state index is 14.0. The number of anilines is 1. The fourth-order valence-corrected chi connectivity index (χ4v) is 6.52. The number of carbonyl (C=O) groups excluding carboxylic acids is 1. The molecule has 2 heterocycles. The van der Waals surface area contributed by atoms with E-state index in [4.69, 9.17) is 37.4 Å². The number of allylic oxidation sites excluding steroid dienone is 1. The van der Waals surface area contributed by atoms with Crippen molar-refractivity contribution >= 4 is 52.3 Å². The summed E-state index contributed by atoms with van der Waals surface area (Å²) < 4.78 is 19.4. The van der Waals surface area contributed by atoms with E-state index in [1.807, 2.05) is 68.4 Å². The minimum atomic E-state index is -0.687. The van der Waals surface area contributed by atoms with Crippen LogP contribution in [0.1, 0.15) is 43.5 Å². The van der Waals surface area contributed by atoms with Crippen LogP contribution in [0.15, 0.2) is 81.7 Å². The number of esters is 1. The highest BCUT2D eigenvalue weighted by atomic mass is 35.5. The lowest BCUT2D eigenvalue weighted by Crippen LogP contribution is -2.39. The molecule has 1 atom stereocenters. The molecule has 234 valence electrons. The van der Waals surface area contributed by atoms with Crippen molar-refractivity contribution in [1.82, 2.24) is 4.57 Å². The first kappa shape index (κ1) is 32.3. The summed E-state index contributed by atoms with van der Waals surface area (Å²) in [7, 11) is 3.91. The van der Waals surface area contributed by atoms with E-state index >= 15 is 0 Å². The number of rotatable bonds is 10. The average Bonchev–Trinajstić information content (AvgIpc) is 3.30. The Bertz CT molecular complexity index is 1950. The molecule has 1 aliphatic heterocycles. The molecule has 0 radical (unpaired) electrons. The minimum Gasteiger partial charge on any atom is -0.490 e. The lowest BCUT2D eigenvalue weighted by Gasteiger charge is -2.25. The maximum atomic E-state index is 14.0. The van der Waals surface area contributed by atoms with Gasteiger partial charge in [-0.3, -0.25) is 9.36 Å². The summed E-state index contributed by atoms with van der Waals surface area (Å²) >= 11 is 13.6. The third-order valence-electron chi connectivity index (χ3n) is 7.21. The Labute approximate surface area is 275 Å². The monoisotopic (exact) mass is 665 g/mol. The summed E-state index contributed by atoms with van der Waals surface area (Å²) in [6, 6.07) is 17.8. The highest BCUT2D eigenvalue weighted by Crippen LogP contribution is 2.33. The van der Waals surface area contributed by atoms with Crippen LogP contribution in [0.3, 0.4) is 0 Å². The molecule has 0 fully saturated rings. The topological polar surface area (TPSA) is 82.4 Å². The minimum absolute atomic E-state index is 0.209. The number of carbonyl (C=O) groups is 1. The van der Waals surface area contributed by atoms with Crippen molar-refractivity contribution in [3.63, 3.8) is 0 Å². The smallest absolute Gasteiger partial charge is 0.338 e. The average molecular weight is 667 g/mol. The van der Waals surface area contributed by atoms with Crippen LogP contribution in [0.2, 0.25) is 10.0 Å². The first-order valence-corrected chi connectivity index (χ1v) is 16.0. The third-order valence-corrected chi connectivity index (χ3v) is 8.78. The zero-order valence-electron chi connectivity index (χ0n) is 25.6. The number of benzene rings is 3. The molecule has 0 saturated heterocycles. The Kier molecular flexibility index (Phi) is 10.0. The molecule has 0 spiro atoms. The van der Waals surface area contributed by atoms with Crippen molar-refractivity contribution in [1.29, 1.82) is 0 Å². The van der Waals surface area contributed by atoms with Gasteiger partial charge in [-0.05, 0) is 74.4 Å². The molecule has 0 amide bonds. The van der Waals surface area contributed by atoms with Crippen LogP contribution in [-0.2, 0) is 16.1 Å². The van der Waals surface area contributed by atoms with Gasteiger partial charge in [-0.1, -0.05) is 58.8 Å². The molecular formula is C34H33Cl2N3O5S. The number of fused-ring (bicyclic) bond motifs is 1. The predicted octanol–water partition coefficient (Wildman–Crippen LogP) is 6.15. The van der Waals surface area contributed by atoms with Crippen molar-refractivity contribution in [2.45, 2.75) is 33.4 Å². The number of nitrogens with zero attached hydrogens (tertiary/aromatic N) is 3.